The molecular formula is C28H32N5O2+. The summed E-state index contributed by atoms with van der Waals surface area (Å²) in [6.45, 7) is 5.50. The summed E-state index contributed by atoms with van der Waals surface area (Å²) in [4.78, 5) is 11.5. The van der Waals surface area contributed by atoms with Crippen LogP contribution in [-0.4, -0.2) is 60.9 Å². The van der Waals surface area contributed by atoms with Crippen LogP contribution in [0.5, 0.6) is 5.75 Å². The van der Waals surface area contributed by atoms with Crippen molar-refractivity contribution in [3.05, 3.63) is 84.5 Å². The number of allylic oxidation sites excluding steroid dienone is 1. The second kappa shape index (κ2) is 9.77. The summed E-state index contributed by atoms with van der Waals surface area (Å²) in [7, 11) is 0. The predicted molar refractivity (Wildman–Crippen MR) is 138 cm³/mol. The van der Waals surface area contributed by atoms with Gasteiger partial charge in [-0.15, -0.1) is 4.59 Å². The van der Waals surface area contributed by atoms with Crippen LogP contribution < -0.4 is 9.75 Å². The van der Waals surface area contributed by atoms with Crippen LogP contribution in [0.4, 0.5) is 5.69 Å². The van der Waals surface area contributed by atoms with Crippen molar-refractivity contribution in [2.45, 2.75) is 25.5 Å². The molecule has 1 aliphatic carbocycles. The highest BCUT2D eigenvalue weighted by molar-refractivity contribution is 5.82. The number of hydrogen-bond donors (Lipinski definition) is 0. The Labute approximate surface area is 206 Å². The molecule has 0 amide bonds. The minimum atomic E-state index is 0.398. The van der Waals surface area contributed by atoms with E-state index in [0.717, 1.165) is 68.4 Å². The van der Waals surface area contributed by atoms with Gasteiger partial charge < -0.3 is 9.47 Å². The van der Waals surface area contributed by atoms with Crippen molar-refractivity contribution < 1.29 is 14.1 Å². The maximum absolute atomic E-state index is 6.19. The van der Waals surface area contributed by atoms with E-state index >= 15 is 0 Å². The molecule has 2 aromatic carbocycles. The fourth-order valence-electron chi connectivity index (χ4n) is 5.46. The SMILES string of the molecule is C1=C[N+]2(N(c3cccc(OCc4ccccc4)c3)C3CC(CN4CCOCC4)C3)C=NC=C2C=N1. The first-order valence-corrected chi connectivity index (χ1v) is 12.5. The lowest BCUT2D eigenvalue weighted by Gasteiger charge is -2.50. The minimum absolute atomic E-state index is 0.398. The third kappa shape index (κ3) is 4.55. The second-order valence-corrected chi connectivity index (χ2v) is 9.65. The smallest absolute Gasteiger partial charge is 0.225 e. The first-order valence-electron chi connectivity index (χ1n) is 12.5. The molecule has 0 radical (unpaired) electrons. The van der Waals surface area contributed by atoms with Crippen molar-refractivity contribution in [3.63, 3.8) is 0 Å². The van der Waals surface area contributed by atoms with Gasteiger partial charge in [-0.1, -0.05) is 36.4 Å². The Bertz CT molecular complexity index is 1150. The van der Waals surface area contributed by atoms with E-state index in [2.05, 4.69) is 56.4 Å². The summed E-state index contributed by atoms with van der Waals surface area (Å²) in [6.07, 6.45) is 12.1. The summed E-state index contributed by atoms with van der Waals surface area (Å²) < 4.78 is 12.2. The van der Waals surface area contributed by atoms with E-state index in [4.69, 9.17) is 9.47 Å². The van der Waals surface area contributed by atoms with Crippen molar-refractivity contribution in [1.82, 2.24) is 4.90 Å². The third-order valence-electron chi connectivity index (χ3n) is 7.31. The molecule has 35 heavy (non-hydrogen) atoms. The molecule has 7 heteroatoms. The maximum atomic E-state index is 6.19. The molecule has 0 N–H and O–H groups in total. The molecule has 2 fully saturated rings. The summed E-state index contributed by atoms with van der Waals surface area (Å²) >= 11 is 0. The highest BCUT2D eigenvalue weighted by Gasteiger charge is 2.49. The van der Waals surface area contributed by atoms with Crippen LogP contribution in [0, 0.1) is 5.92 Å². The van der Waals surface area contributed by atoms with Crippen LogP contribution >= 0.6 is 0 Å². The summed E-state index contributed by atoms with van der Waals surface area (Å²) in [5, 5.41) is 2.48. The molecule has 1 atom stereocenters. The van der Waals surface area contributed by atoms with Crippen LogP contribution in [0.3, 0.4) is 0 Å². The van der Waals surface area contributed by atoms with Gasteiger partial charge in [0.1, 0.15) is 12.4 Å². The molecule has 0 aromatic heterocycles. The standard InChI is InChI=1S/C28H32N5O2/c1-2-5-23(6-3-1)21-35-28-8-4-7-25(17-28)32(33-12-9-29-18-27(33)19-30-22-33)26-15-24(16-26)20-31-10-13-34-14-11-31/h1-9,12,17-19,22,24,26H,10-11,13-16,20-21H2/q+1. The van der Waals surface area contributed by atoms with Gasteiger partial charge in [-0.3, -0.25) is 9.89 Å². The molecule has 3 aliphatic heterocycles. The fourth-order valence-corrected chi connectivity index (χ4v) is 5.46. The molecule has 1 saturated carbocycles. The van der Waals surface area contributed by atoms with E-state index in [9.17, 15) is 0 Å². The summed E-state index contributed by atoms with van der Waals surface area (Å²) in [5.41, 5.74) is 3.35. The molecule has 0 bridgehead atoms. The fraction of sp³-hybridized carbons (Fsp3) is 0.357. The van der Waals surface area contributed by atoms with E-state index in [-0.39, 0.29) is 0 Å². The van der Waals surface area contributed by atoms with Gasteiger partial charge in [0.15, 0.2) is 6.20 Å². The molecule has 1 unspecified atom stereocenters. The van der Waals surface area contributed by atoms with Gasteiger partial charge in [0.25, 0.3) is 0 Å². The van der Waals surface area contributed by atoms with E-state index < -0.39 is 0 Å². The average Bonchev–Trinajstić information content (AvgIpc) is 3.32. The van der Waals surface area contributed by atoms with Gasteiger partial charge >= 0.3 is 0 Å². The Morgan fingerprint density at radius 2 is 1.89 bits per heavy atom. The zero-order valence-corrected chi connectivity index (χ0v) is 19.9. The Balaban J connectivity index is 1.23. The van der Waals surface area contributed by atoms with Gasteiger partial charge in [0.05, 0.1) is 43.6 Å². The maximum Gasteiger partial charge on any atom is 0.225 e. The molecule has 180 valence electrons. The van der Waals surface area contributed by atoms with Crippen LogP contribution in [-0.2, 0) is 11.3 Å². The number of ether oxygens (including phenoxy) is 2. The summed E-state index contributed by atoms with van der Waals surface area (Å²) in [5.74, 6) is 1.57. The third-order valence-corrected chi connectivity index (χ3v) is 7.31. The highest BCUT2D eigenvalue weighted by atomic mass is 16.5. The molecule has 7 nitrogen and oxygen atoms in total. The summed E-state index contributed by atoms with van der Waals surface area (Å²) in [6, 6.07) is 19.2. The number of hydrogen-bond acceptors (Lipinski definition) is 6. The van der Waals surface area contributed by atoms with Crippen LogP contribution in [0.15, 0.2) is 88.9 Å². The van der Waals surface area contributed by atoms with Gasteiger partial charge in [-0.25, -0.2) is 10.0 Å². The van der Waals surface area contributed by atoms with E-state index in [1.165, 1.54) is 0 Å². The van der Waals surface area contributed by atoms with Crippen LogP contribution in [0.25, 0.3) is 0 Å². The highest BCUT2D eigenvalue weighted by Crippen LogP contribution is 2.42. The topological polar surface area (TPSA) is 49.7 Å². The van der Waals surface area contributed by atoms with Crippen molar-refractivity contribution in [1.29, 1.82) is 0 Å². The van der Waals surface area contributed by atoms with Gasteiger partial charge in [0, 0.05) is 25.7 Å². The van der Waals surface area contributed by atoms with E-state index in [1.54, 1.807) is 0 Å². The normalized spacial score (nSPS) is 27.3. The Kier molecular flexibility index (Phi) is 6.21. The number of quaternary nitrogens is 1. The lowest BCUT2D eigenvalue weighted by atomic mass is 9.79. The zero-order chi connectivity index (χ0) is 23.5. The van der Waals surface area contributed by atoms with Gasteiger partial charge in [-0.2, -0.15) is 0 Å². The molecule has 3 heterocycles. The molecule has 6 rings (SSSR count). The van der Waals surface area contributed by atoms with Crippen LogP contribution in [0.1, 0.15) is 18.4 Å². The van der Waals surface area contributed by atoms with Crippen molar-refractivity contribution in [2.24, 2.45) is 15.9 Å². The van der Waals surface area contributed by atoms with E-state index in [1.807, 2.05) is 49.2 Å². The largest absolute Gasteiger partial charge is 0.489 e. The Hall–Kier alpha value is -3.26. The number of benzene rings is 2. The number of anilines is 1. The van der Waals surface area contributed by atoms with Gasteiger partial charge in [-0.05, 0) is 36.5 Å². The van der Waals surface area contributed by atoms with Gasteiger partial charge in [0.2, 0.25) is 12.0 Å². The van der Waals surface area contributed by atoms with Crippen molar-refractivity contribution in [3.8, 4) is 5.75 Å². The minimum Gasteiger partial charge on any atom is -0.489 e. The molecule has 0 spiro atoms. The van der Waals surface area contributed by atoms with Crippen molar-refractivity contribution >= 4 is 18.2 Å². The van der Waals surface area contributed by atoms with Crippen LogP contribution in [0.2, 0.25) is 0 Å². The number of nitrogens with zero attached hydrogens (tertiary/aromatic N) is 5. The lowest BCUT2D eigenvalue weighted by molar-refractivity contribution is -0.747. The molecule has 1 saturated heterocycles. The predicted octanol–water partition coefficient (Wildman–Crippen LogP) is 4.35. The van der Waals surface area contributed by atoms with Crippen molar-refractivity contribution in [2.75, 3.05) is 37.9 Å². The molecule has 2 aromatic rings. The Morgan fingerprint density at radius 1 is 1.03 bits per heavy atom. The molecule has 4 aliphatic rings. The average molecular weight is 471 g/mol. The lowest BCUT2D eigenvalue weighted by Crippen LogP contribution is -2.63. The monoisotopic (exact) mass is 470 g/mol. The first-order chi connectivity index (χ1) is 17.3. The number of aliphatic imine (C=N–C) groups is 2. The zero-order valence-electron chi connectivity index (χ0n) is 19.9. The Morgan fingerprint density at radius 3 is 2.74 bits per heavy atom. The quantitative estimate of drug-likeness (QED) is 0.538. The number of morpholine rings is 1. The number of rotatable bonds is 8. The first kappa shape index (κ1) is 22.2. The second-order valence-electron chi connectivity index (χ2n) is 9.65. The molecular weight excluding hydrogens is 438 g/mol. The van der Waals surface area contributed by atoms with E-state index in [0.29, 0.717) is 23.2 Å². The number of fused-ring (bicyclic) bond motifs is 1.